The standard InChI is InChI=1S/C27H41NO9/c1-10-16(2)34-24(33)35-17(3)14-27(28,21(29)30)15-18-11-12-19(36-22(31)25(4,5)6)20(13-18)37-23(32)26(7,8)9/h11-13,16-17H,10,14-15,28H2,1-9H3,(H,29,30)/t16?,17-,27?/m0/s1. The fraction of sp³-hybridized carbons (Fsp3) is 0.630. The fourth-order valence-corrected chi connectivity index (χ4v) is 2.93. The van der Waals surface area contributed by atoms with Crippen LogP contribution in [0.2, 0.25) is 0 Å². The van der Waals surface area contributed by atoms with Crippen LogP contribution in [0.4, 0.5) is 4.79 Å². The lowest BCUT2D eigenvalue weighted by atomic mass is 9.86. The average Bonchev–Trinajstić information content (AvgIpc) is 2.73. The average molecular weight is 524 g/mol. The first kappa shape index (κ1) is 31.9. The second-order valence-corrected chi connectivity index (χ2v) is 11.4. The Morgan fingerprint density at radius 3 is 1.81 bits per heavy atom. The zero-order valence-electron chi connectivity index (χ0n) is 23.3. The quantitative estimate of drug-likeness (QED) is 0.327. The molecule has 37 heavy (non-hydrogen) atoms. The molecule has 1 aromatic carbocycles. The van der Waals surface area contributed by atoms with Gasteiger partial charge in [-0.25, -0.2) is 4.79 Å². The summed E-state index contributed by atoms with van der Waals surface area (Å²) in [6.45, 7) is 15.1. The van der Waals surface area contributed by atoms with Crippen molar-refractivity contribution in [3.05, 3.63) is 23.8 Å². The Hall–Kier alpha value is -3.14. The van der Waals surface area contributed by atoms with Gasteiger partial charge in [0.2, 0.25) is 0 Å². The maximum Gasteiger partial charge on any atom is 0.508 e. The summed E-state index contributed by atoms with van der Waals surface area (Å²) in [5, 5.41) is 9.89. The predicted molar refractivity (Wildman–Crippen MR) is 136 cm³/mol. The molecule has 0 bridgehead atoms. The number of carbonyl (C=O) groups excluding carboxylic acids is 3. The van der Waals surface area contributed by atoms with Crippen molar-refractivity contribution >= 4 is 24.1 Å². The van der Waals surface area contributed by atoms with E-state index in [4.69, 9.17) is 24.7 Å². The molecule has 0 aliphatic carbocycles. The Balaban J connectivity index is 3.24. The number of nitrogens with two attached hydrogens (primary N) is 1. The highest BCUT2D eigenvalue weighted by Gasteiger charge is 2.38. The van der Waals surface area contributed by atoms with E-state index in [9.17, 15) is 24.3 Å². The SMILES string of the molecule is CCC(C)OC(=O)O[C@@H](C)CC(N)(Cc1ccc(OC(=O)C(C)(C)C)c(OC(=O)C(C)(C)C)c1)C(=O)O. The number of esters is 2. The maximum atomic E-state index is 12.6. The van der Waals surface area contributed by atoms with Crippen LogP contribution < -0.4 is 15.2 Å². The first-order chi connectivity index (χ1) is 16.8. The maximum absolute atomic E-state index is 12.6. The first-order valence-electron chi connectivity index (χ1n) is 12.3. The molecule has 10 heteroatoms. The van der Waals surface area contributed by atoms with E-state index in [-0.39, 0.29) is 30.4 Å². The number of rotatable bonds is 10. The normalized spacial score (nSPS) is 15.1. The number of carbonyl (C=O) groups is 4. The monoisotopic (exact) mass is 523 g/mol. The summed E-state index contributed by atoms with van der Waals surface area (Å²) in [7, 11) is 0. The molecule has 1 rings (SSSR count). The molecule has 0 saturated carbocycles. The topological polar surface area (TPSA) is 151 Å². The molecular weight excluding hydrogens is 482 g/mol. The molecule has 0 heterocycles. The van der Waals surface area contributed by atoms with Gasteiger partial charge in [-0.2, -0.15) is 0 Å². The molecule has 2 unspecified atom stereocenters. The van der Waals surface area contributed by atoms with Crippen LogP contribution in [0.5, 0.6) is 11.5 Å². The number of hydrogen-bond donors (Lipinski definition) is 2. The van der Waals surface area contributed by atoms with Crippen LogP contribution in [0, 0.1) is 10.8 Å². The lowest BCUT2D eigenvalue weighted by Gasteiger charge is -2.28. The van der Waals surface area contributed by atoms with Gasteiger partial charge in [0.05, 0.1) is 10.8 Å². The molecule has 0 spiro atoms. The van der Waals surface area contributed by atoms with Crippen molar-refractivity contribution in [1.29, 1.82) is 0 Å². The van der Waals surface area contributed by atoms with Crippen molar-refractivity contribution in [1.82, 2.24) is 0 Å². The van der Waals surface area contributed by atoms with Gasteiger partial charge in [-0.15, -0.1) is 0 Å². The van der Waals surface area contributed by atoms with Crippen molar-refractivity contribution in [2.24, 2.45) is 16.6 Å². The van der Waals surface area contributed by atoms with Gasteiger partial charge in [-0.05, 0) is 79.5 Å². The number of ether oxygens (including phenoxy) is 4. The third kappa shape index (κ3) is 10.0. The van der Waals surface area contributed by atoms with E-state index < -0.39 is 46.5 Å². The van der Waals surface area contributed by atoms with Gasteiger partial charge in [0.1, 0.15) is 17.7 Å². The van der Waals surface area contributed by atoms with Gasteiger partial charge in [-0.1, -0.05) is 13.0 Å². The van der Waals surface area contributed by atoms with E-state index in [0.717, 1.165) is 0 Å². The van der Waals surface area contributed by atoms with E-state index in [2.05, 4.69) is 0 Å². The van der Waals surface area contributed by atoms with Crippen molar-refractivity contribution in [2.45, 2.75) is 99.3 Å². The highest BCUT2D eigenvalue weighted by molar-refractivity contribution is 5.82. The van der Waals surface area contributed by atoms with Gasteiger partial charge in [0, 0.05) is 12.8 Å². The molecule has 0 aromatic heterocycles. The van der Waals surface area contributed by atoms with Gasteiger partial charge >= 0.3 is 24.1 Å². The minimum absolute atomic E-state index is 0.0173. The fourth-order valence-electron chi connectivity index (χ4n) is 2.93. The van der Waals surface area contributed by atoms with Gasteiger partial charge in [0.25, 0.3) is 0 Å². The number of carboxylic acid groups (broad SMARTS) is 1. The number of benzene rings is 1. The van der Waals surface area contributed by atoms with Crippen LogP contribution in [-0.2, 0) is 30.3 Å². The summed E-state index contributed by atoms with van der Waals surface area (Å²) >= 11 is 0. The predicted octanol–water partition coefficient (Wildman–Crippen LogP) is 4.64. The van der Waals surface area contributed by atoms with Crippen molar-refractivity contribution in [2.75, 3.05) is 0 Å². The summed E-state index contributed by atoms with van der Waals surface area (Å²) < 4.78 is 21.3. The minimum atomic E-state index is -1.83. The molecule has 0 fully saturated rings. The lowest BCUT2D eigenvalue weighted by molar-refractivity contribution is -0.145. The second kappa shape index (κ2) is 12.4. The van der Waals surface area contributed by atoms with Crippen molar-refractivity contribution in [3.8, 4) is 11.5 Å². The third-order valence-electron chi connectivity index (χ3n) is 5.41. The molecule has 0 saturated heterocycles. The Morgan fingerprint density at radius 1 is 0.865 bits per heavy atom. The highest BCUT2D eigenvalue weighted by atomic mass is 16.7. The third-order valence-corrected chi connectivity index (χ3v) is 5.41. The summed E-state index contributed by atoms with van der Waals surface area (Å²) in [5.41, 5.74) is 3.16. The molecule has 3 N–H and O–H groups in total. The number of hydrogen-bond acceptors (Lipinski definition) is 9. The van der Waals surface area contributed by atoms with Gasteiger partial charge < -0.3 is 29.8 Å². The van der Waals surface area contributed by atoms with Crippen LogP contribution in [-0.4, -0.2) is 46.9 Å². The molecule has 0 aliphatic rings. The molecule has 10 nitrogen and oxygen atoms in total. The Morgan fingerprint density at radius 2 is 1.35 bits per heavy atom. The van der Waals surface area contributed by atoms with Crippen molar-refractivity contribution < 1.29 is 43.2 Å². The molecule has 3 atom stereocenters. The molecule has 0 aliphatic heterocycles. The van der Waals surface area contributed by atoms with E-state index in [1.54, 1.807) is 48.5 Å². The van der Waals surface area contributed by atoms with Crippen LogP contribution >= 0.6 is 0 Å². The number of aliphatic carboxylic acids is 1. The minimum Gasteiger partial charge on any atom is -0.480 e. The van der Waals surface area contributed by atoms with Crippen LogP contribution in [0.1, 0.15) is 80.7 Å². The first-order valence-corrected chi connectivity index (χ1v) is 12.3. The number of carboxylic acids is 1. The molecule has 0 amide bonds. The van der Waals surface area contributed by atoms with Crippen molar-refractivity contribution in [3.63, 3.8) is 0 Å². The highest BCUT2D eigenvalue weighted by Crippen LogP contribution is 2.34. The molecule has 0 radical (unpaired) electrons. The van der Waals surface area contributed by atoms with E-state index in [0.29, 0.717) is 12.0 Å². The molecule has 208 valence electrons. The van der Waals surface area contributed by atoms with Gasteiger partial charge in [-0.3, -0.25) is 14.4 Å². The summed E-state index contributed by atoms with van der Waals surface area (Å²) in [6.07, 6.45) is -1.91. The van der Waals surface area contributed by atoms with Gasteiger partial charge in [0.15, 0.2) is 11.5 Å². The van der Waals surface area contributed by atoms with E-state index >= 15 is 0 Å². The largest absolute Gasteiger partial charge is 0.508 e. The van der Waals surface area contributed by atoms with E-state index in [1.165, 1.54) is 25.1 Å². The Kier molecular flexibility index (Phi) is 10.7. The summed E-state index contributed by atoms with van der Waals surface area (Å²) in [6, 6.07) is 4.38. The molecule has 1 aromatic rings. The van der Waals surface area contributed by atoms with E-state index in [1.807, 2.05) is 6.92 Å². The van der Waals surface area contributed by atoms with Crippen LogP contribution in [0.25, 0.3) is 0 Å². The summed E-state index contributed by atoms with van der Waals surface area (Å²) in [4.78, 5) is 49.1. The lowest BCUT2D eigenvalue weighted by Crippen LogP contribution is -2.52. The Labute approximate surface area is 218 Å². The zero-order valence-corrected chi connectivity index (χ0v) is 23.3. The zero-order chi connectivity index (χ0) is 28.8. The summed E-state index contributed by atoms with van der Waals surface area (Å²) in [5.74, 6) is -2.44. The Bertz CT molecular complexity index is 991. The second-order valence-electron chi connectivity index (χ2n) is 11.4. The smallest absolute Gasteiger partial charge is 0.480 e. The molecular formula is C27H41NO9. The van der Waals surface area contributed by atoms with Crippen LogP contribution in [0.15, 0.2) is 18.2 Å². The van der Waals surface area contributed by atoms with Crippen LogP contribution in [0.3, 0.4) is 0 Å².